The normalized spacial score (nSPS) is 14.8. The molecule has 1 heterocycles. The van der Waals surface area contributed by atoms with Gasteiger partial charge in [0.15, 0.2) is 11.6 Å². The number of aryl methyl sites for hydroxylation is 1. The fourth-order valence-electron chi connectivity index (χ4n) is 4.90. The number of ketones is 2. The van der Waals surface area contributed by atoms with Crippen LogP contribution < -0.4 is 5.32 Å². The van der Waals surface area contributed by atoms with Gasteiger partial charge in [-0.3, -0.25) is 14.4 Å². The van der Waals surface area contributed by atoms with Crippen molar-refractivity contribution in [3.05, 3.63) is 101 Å². The van der Waals surface area contributed by atoms with Gasteiger partial charge in [0.1, 0.15) is 0 Å². The SMILES string of the molecule is CC1=C(C)C(=O)C(C(CCCc2ccccc2)CCC(=O)Nc2ccc(-n3ccnc3)cc2)=C(C)C1=O. The average Bonchev–Trinajstić information content (AvgIpc) is 3.45. The Labute approximate surface area is 218 Å². The van der Waals surface area contributed by atoms with Crippen LogP contribution >= 0.6 is 0 Å². The van der Waals surface area contributed by atoms with Gasteiger partial charge in [0, 0.05) is 52.5 Å². The molecular weight excluding hydrogens is 462 g/mol. The number of Topliss-reactive ketones (excluding diaryl/α,β-unsaturated/α-hetero) is 2. The van der Waals surface area contributed by atoms with Gasteiger partial charge < -0.3 is 9.88 Å². The molecule has 190 valence electrons. The third-order valence-corrected chi connectivity index (χ3v) is 7.18. The molecule has 0 bridgehead atoms. The van der Waals surface area contributed by atoms with Gasteiger partial charge in [-0.2, -0.15) is 0 Å². The van der Waals surface area contributed by atoms with Crippen molar-refractivity contribution in [2.45, 2.75) is 52.9 Å². The number of anilines is 1. The van der Waals surface area contributed by atoms with Gasteiger partial charge in [-0.25, -0.2) is 4.98 Å². The minimum atomic E-state index is -0.155. The smallest absolute Gasteiger partial charge is 0.224 e. The number of hydrogen-bond donors (Lipinski definition) is 1. The number of nitrogens with zero attached hydrogens (tertiary/aromatic N) is 2. The minimum Gasteiger partial charge on any atom is -0.326 e. The quantitative estimate of drug-likeness (QED) is 0.348. The molecule has 3 aromatic rings. The van der Waals surface area contributed by atoms with Crippen molar-refractivity contribution in [3.63, 3.8) is 0 Å². The zero-order valence-corrected chi connectivity index (χ0v) is 21.7. The number of nitrogens with one attached hydrogen (secondary N) is 1. The zero-order valence-electron chi connectivity index (χ0n) is 21.7. The van der Waals surface area contributed by atoms with Crippen LogP contribution in [-0.4, -0.2) is 27.0 Å². The standard InChI is InChI=1S/C31H33N3O3/c1-21-22(2)31(37)29(23(3)30(21)36)25(11-7-10-24-8-5-4-6-9-24)12-17-28(35)33-26-13-15-27(16-14-26)34-19-18-32-20-34/h4-6,8-9,13-16,18-20,25H,7,10-12,17H2,1-3H3,(H,33,35). The molecule has 1 atom stereocenters. The highest BCUT2D eigenvalue weighted by Gasteiger charge is 2.32. The lowest BCUT2D eigenvalue weighted by Crippen LogP contribution is -2.26. The zero-order chi connectivity index (χ0) is 26.4. The topological polar surface area (TPSA) is 81.1 Å². The number of hydrogen-bond acceptors (Lipinski definition) is 4. The van der Waals surface area contributed by atoms with E-state index < -0.39 is 0 Å². The molecule has 0 spiro atoms. The molecule has 0 fully saturated rings. The summed E-state index contributed by atoms with van der Waals surface area (Å²) in [4.78, 5) is 43.0. The van der Waals surface area contributed by atoms with E-state index in [4.69, 9.17) is 0 Å². The van der Waals surface area contributed by atoms with Crippen molar-refractivity contribution in [3.8, 4) is 5.69 Å². The summed E-state index contributed by atoms with van der Waals surface area (Å²) in [6, 6.07) is 17.8. The molecule has 0 aliphatic heterocycles. The second kappa shape index (κ2) is 11.8. The maximum absolute atomic E-state index is 13.3. The van der Waals surface area contributed by atoms with Gasteiger partial charge in [-0.15, -0.1) is 0 Å². The van der Waals surface area contributed by atoms with Crippen molar-refractivity contribution >= 4 is 23.2 Å². The molecule has 1 N–H and O–H groups in total. The van der Waals surface area contributed by atoms with Crippen molar-refractivity contribution in [2.24, 2.45) is 5.92 Å². The van der Waals surface area contributed by atoms with Crippen LogP contribution in [0.1, 0.15) is 52.0 Å². The molecule has 2 aromatic carbocycles. The monoisotopic (exact) mass is 495 g/mol. The number of imidazole rings is 1. The summed E-state index contributed by atoms with van der Waals surface area (Å²) in [5.74, 6) is -0.394. The van der Waals surface area contributed by atoms with E-state index in [9.17, 15) is 14.4 Å². The number of allylic oxidation sites excluding steroid dienone is 4. The summed E-state index contributed by atoms with van der Waals surface area (Å²) >= 11 is 0. The second-order valence-electron chi connectivity index (χ2n) is 9.63. The van der Waals surface area contributed by atoms with Crippen LogP contribution in [0.3, 0.4) is 0 Å². The van der Waals surface area contributed by atoms with Gasteiger partial charge in [-0.1, -0.05) is 30.3 Å². The third kappa shape index (κ3) is 6.20. The Balaban J connectivity index is 1.44. The fraction of sp³-hybridized carbons (Fsp3) is 0.290. The van der Waals surface area contributed by atoms with E-state index in [1.54, 1.807) is 33.3 Å². The fourth-order valence-corrected chi connectivity index (χ4v) is 4.90. The Morgan fingerprint density at radius 1 is 0.892 bits per heavy atom. The molecule has 0 radical (unpaired) electrons. The van der Waals surface area contributed by atoms with Gasteiger partial charge >= 0.3 is 0 Å². The van der Waals surface area contributed by atoms with E-state index in [0.29, 0.717) is 34.4 Å². The molecule has 1 aliphatic rings. The summed E-state index contributed by atoms with van der Waals surface area (Å²) in [7, 11) is 0. The number of benzene rings is 2. The molecule has 0 saturated carbocycles. The first kappa shape index (κ1) is 26.0. The predicted octanol–water partition coefficient (Wildman–Crippen LogP) is 6.03. The predicted molar refractivity (Wildman–Crippen MR) is 145 cm³/mol. The molecule has 4 rings (SSSR count). The maximum atomic E-state index is 13.3. The molecule has 0 saturated heterocycles. The molecule has 1 amide bonds. The summed E-state index contributed by atoms with van der Waals surface area (Å²) in [6.45, 7) is 5.19. The van der Waals surface area contributed by atoms with Crippen molar-refractivity contribution < 1.29 is 14.4 Å². The van der Waals surface area contributed by atoms with E-state index >= 15 is 0 Å². The molecule has 1 unspecified atom stereocenters. The van der Waals surface area contributed by atoms with Crippen LogP contribution in [0.4, 0.5) is 5.69 Å². The Morgan fingerprint density at radius 3 is 2.27 bits per heavy atom. The third-order valence-electron chi connectivity index (χ3n) is 7.18. The molecule has 1 aliphatic carbocycles. The molecule has 6 nitrogen and oxygen atoms in total. The van der Waals surface area contributed by atoms with Gasteiger partial charge in [0.2, 0.25) is 5.91 Å². The van der Waals surface area contributed by atoms with E-state index in [0.717, 1.165) is 24.9 Å². The number of carbonyl (C=O) groups is 3. The van der Waals surface area contributed by atoms with Crippen LogP contribution in [0.2, 0.25) is 0 Å². The summed E-state index contributed by atoms with van der Waals surface area (Å²) in [5, 5.41) is 2.96. The lowest BCUT2D eigenvalue weighted by Gasteiger charge is -2.26. The van der Waals surface area contributed by atoms with Crippen molar-refractivity contribution in [1.82, 2.24) is 9.55 Å². The molecule has 1 aromatic heterocycles. The average molecular weight is 496 g/mol. The highest BCUT2D eigenvalue weighted by atomic mass is 16.2. The minimum absolute atomic E-state index is 0.0604. The Hall–Kier alpha value is -4.06. The first-order valence-corrected chi connectivity index (χ1v) is 12.7. The van der Waals surface area contributed by atoms with Crippen LogP contribution in [-0.2, 0) is 20.8 Å². The van der Waals surface area contributed by atoms with Crippen LogP contribution in [0, 0.1) is 5.92 Å². The lowest BCUT2D eigenvalue weighted by atomic mass is 9.76. The Morgan fingerprint density at radius 2 is 1.59 bits per heavy atom. The van der Waals surface area contributed by atoms with E-state index in [1.165, 1.54) is 5.56 Å². The number of aromatic nitrogens is 2. The van der Waals surface area contributed by atoms with E-state index in [-0.39, 0.29) is 29.8 Å². The highest BCUT2D eigenvalue weighted by molar-refractivity contribution is 6.24. The van der Waals surface area contributed by atoms with E-state index in [1.807, 2.05) is 53.2 Å². The number of amides is 1. The number of carbonyl (C=O) groups excluding carboxylic acids is 3. The van der Waals surface area contributed by atoms with Crippen LogP contribution in [0.25, 0.3) is 5.69 Å². The summed E-state index contributed by atoms with van der Waals surface area (Å²) in [6.07, 6.45) is 8.55. The molecule has 37 heavy (non-hydrogen) atoms. The first-order chi connectivity index (χ1) is 17.8. The van der Waals surface area contributed by atoms with Gasteiger partial charge in [-0.05, 0) is 82.2 Å². The summed E-state index contributed by atoms with van der Waals surface area (Å²) < 4.78 is 1.89. The summed E-state index contributed by atoms with van der Waals surface area (Å²) in [5.41, 5.74) is 5.04. The largest absolute Gasteiger partial charge is 0.326 e. The number of rotatable bonds is 10. The van der Waals surface area contributed by atoms with E-state index in [2.05, 4.69) is 22.4 Å². The van der Waals surface area contributed by atoms with Crippen LogP contribution in [0.5, 0.6) is 0 Å². The van der Waals surface area contributed by atoms with Crippen LogP contribution in [0.15, 0.2) is 95.6 Å². The maximum Gasteiger partial charge on any atom is 0.224 e. The lowest BCUT2D eigenvalue weighted by molar-refractivity contribution is -0.117. The second-order valence-corrected chi connectivity index (χ2v) is 9.63. The van der Waals surface area contributed by atoms with Gasteiger partial charge in [0.05, 0.1) is 6.33 Å². The first-order valence-electron chi connectivity index (χ1n) is 12.7. The Bertz CT molecular complexity index is 1330. The van der Waals surface area contributed by atoms with Crippen molar-refractivity contribution in [2.75, 3.05) is 5.32 Å². The Kier molecular flexibility index (Phi) is 8.29. The highest BCUT2D eigenvalue weighted by Crippen LogP contribution is 2.34. The molecule has 6 heteroatoms. The van der Waals surface area contributed by atoms with Crippen molar-refractivity contribution in [1.29, 1.82) is 0 Å². The molecular formula is C31H33N3O3. The van der Waals surface area contributed by atoms with Gasteiger partial charge in [0.25, 0.3) is 0 Å².